The summed E-state index contributed by atoms with van der Waals surface area (Å²) in [6.45, 7) is 0.481. The van der Waals surface area contributed by atoms with Gasteiger partial charge in [-0.05, 0) is 68.4 Å². The maximum Gasteiger partial charge on any atom is 0.160 e. The molecule has 5 heteroatoms. The highest BCUT2D eigenvalue weighted by Gasteiger charge is 2.16. The Morgan fingerprint density at radius 2 is 1.85 bits per heavy atom. The molecule has 0 fully saturated rings. The minimum Gasteiger partial charge on any atom is -0.285 e. The van der Waals surface area contributed by atoms with Crippen molar-refractivity contribution in [1.82, 2.24) is 0 Å². The van der Waals surface area contributed by atoms with Crippen LogP contribution in [-0.2, 0) is 27.6 Å². The van der Waals surface area contributed by atoms with Gasteiger partial charge in [0, 0.05) is 7.14 Å². The molecule has 0 amide bonds. The third kappa shape index (κ3) is 2.24. The van der Waals surface area contributed by atoms with Crippen LogP contribution in [0.4, 0.5) is 0 Å². The van der Waals surface area contributed by atoms with Crippen LogP contribution in [0, 0.1) is 7.14 Å². The van der Waals surface area contributed by atoms with Gasteiger partial charge in [0.15, 0.2) is 11.1 Å². The average Bonchev–Trinajstić information content (AvgIpc) is 2.08. The number of halogens is 2. The smallest absolute Gasteiger partial charge is 0.160 e. The van der Waals surface area contributed by atoms with E-state index in [1.165, 1.54) is 12.7 Å². The molecule has 1 aliphatic rings. The van der Waals surface area contributed by atoms with Crippen molar-refractivity contribution in [3.8, 4) is 0 Å². The van der Waals surface area contributed by atoms with Gasteiger partial charge in [0.2, 0.25) is 0 Å². The number of hydrogen-bond donors (Lipinski definition) is 0. The van der Waals surface area contributed by atoms with Crippen LogP contribution >= 0.6 is 45.2 Å². The Morgan fingerprint density at radius 1 is 1.23 bits per heavy atom. The first kappa shape index (κ1) is 10.3. The van der Waals surface area contributed by atoms with Gasteiger partial charge in [-0.15, -0.1) is 0 Å². The van der Waals surface area contributed by atoms with Crippen molar-refractivity contribution >= 4 is 56.3 Å². The summed E-state index contributed by atoms with van der Waals surface area (Å²) in [5, 5.41) is 0. The molecule has 1 unspecified atom stereocenters. The standard InChI is InChI=1S/C8H6I2O2S/c9-7-1-5-3-12-13(11)4-6(5)2-8(7)10/h1-2H,3-4H2. The van der Waals surface area contributed by atoms with Crippen molar-refractivity contribution in [2.45, 2.75) is 12.4 Å². The van der Waals surface area contributed by atoms with Crippen LogP contribution in [0.1, 0.15) is 11.1 Å². The Hall–Kier alpha value is 0.790. The van der Waals surface area contributed by atoms with Crippen molar-refractivity contribution in [2.75, 3.05) is 0 Å². The minimum atomic E-state index is -1.12. The van der Waals surface area contributed by atoms with Gasteiger partial charge in [0.05, 0.1) is 12.4 Å². The van der Waals surface area contributed by atoms with Crippen LogP contribution in [0.5, 0.6) is 0 Å². The number of rotatable bonds is 0. The monoisotopic (exact) mass is 420 g/mol. The summed E-state index contributed by atoms with van der Waals surface area (Å²) in [5.74, 6) is 0.530. The molecule has 0 bridgehead atoms. The van der Waals surface area contributed by atoms with Crippen LogP contribution in [0.15, 0.2) is 12.1 Å². The largest absolute Gasteiger partial charge is 0.285 e. The van der Waals surface area contributed by atoms with E-state index < -0.39 is 11.1 Å². The zero-order chi connectivity index (χ0) is 9.42. The van der Waals surface area contributed by atoms with Crippen LogP contribution in [0.25, 0.3) is 0 Å². The molecule has 0 spiro atoms. The molecular weight excluding hydrogens is 414 g/mol. The first-order valence-corrected chi connectivity index (χ1v) is 7.05. The van der Waals surface area contributed by atoms with Crippen molar-refractivity contribution in [3.05, 3.63) is 30.4 Å². The molecule has 0 N–H and O–H groups in total. The summed E-state index contributed by atoms with van der Waals surface area (Å²) in [5.41, 5.74) is 2.33. The molecule has 1 aromatic rings. The van der Waals surface area contributed by atoms with Gasteiger partial charge >= 0.3 is 0 Å². The lowest BCUT2D eigenvalue weighted by Crippen LogP contribution is -2.11. The maximum atomic E-state index is 11.1. The normalized spacial score (nSPS) is 21.2. The lowest BCUT2D eigenvalue weighted by Gasteiger charge is -2.16. The van der Waals surface area contributed by atoms with Gasteiger partial charge in [-0.3, -0.25) is 4.18 Å². The summed E-state index contributed by atoms with van der Waals surface area (Å²) < 4.78 is 18.6. The quantitative estimate of drug-likeness (QED) is 0.604. The second-order valence-corrected chi connectivity index (χ2v) is 6.20. The lowest BCUT2D eigenvalue weighted by atomic mass is 10.1. The minimum absolute atomic E-state index is 0.481. The highest BCUT2D eigenvalue weighted by Crippen LogP contribution is 2.25. The zero-order valence-corrected chi connectivity index (χ0v) is 11.7. The second-order valence-electron chi connectivity index (χ2n) is 2.75. The van der Waals surface area contributed by atoms with Gasteiger partial charge in [-0.2, -0.15) is 0 Å². The fourth-order valence-corrected chi connectivity index (χ4v) is 3.12. The first-order valence-electron chi connectivity index (χ1n) is 3.65. The SMILES string of the molecule is O=S1Cc2cc(I)c(I)cc2CO1. The summed E-state index contributed by atoms with van der Waals surface area (Å²) in [6, 6.07) is 4.20. The van der Waals surface area contributed by atoms with Crippen molar-refractivity contribution < 1.29 is 8.39 Å². The third-order valence-electron chi connectivity index (χ3n) is 1.86. The van der Waals surface area contributed by atoms with Gasteiger partial charge in [0.1, 0.15) is 0 Å². The fraction of sp³-hybridized carbons (Fsp3) is 0.250. The molecule has 1 aromatic carbocycles. The Labute approximate surface area is 106 Å². The fourth-order valence-electron chi connectivity index (χ4n) is 1.20. The summed E-state index contributed by atoms with van der Waals surface area (Å²) in [7, 11) is 0. The average molecular weight is 420 g/mol. The van der Waals surface area contributed by atoms with Crippen LogP contribution in [-0.4, -0.2) is 4.21 Å². The van der Waals surface area contributed by atoms with Crippen molar-refractivity contribution in [2.24, 2.45) is 0 Å². The second kappa shape index (κ2) is 4.11. The highest BCUT2D eigenvalue weighted by molar-refractivity contribution is 14.1. The Kier molecular flexibility index (Phi) is 3.26. The Balaban J connectivity index is 2.49. The van der Waals surface area contributed by atoms with Gasteiger partial charge in [0.25, 0.3) is 0 Å². The molecule has 2 nitrogen and oxygen atoms in total. The van der Waals surface area contributed by atoms with Gasteiger partial charge in [-0.25, -0.2) is 4.21 Å². The van der Waals surface area contributed by atoms with E-state index in [1.54, 1.807) is 0 Å². The first-order chi connectivity index (χ1) is 6.16. The molecule has 1 atom stereocenters. The molecular formula is C8H6I2O2S. The predicted molar refractivity (Wildman–Crippen MR) is 68.5 cm³/mol. The Morgan fingerprint density at radius 3 is 2.54 bits per heavy atom. The molecule has 70 valence electrons. The predicted octanol–water partition coefficient (Wildman–Crippen LogP) is 2.59. The van der Waals surface area contributed by atoms with E-state index in [0.717, 1.165) is 5.56 Å². The third-order valence-corrected chi connectivity index (χ3v) is 5.61. The van der Waals surface area contributed by atoms with Crippen LogP contribution in [0.2, 0.25) is 0 Å². The maximum absolute atomic E-state index is 11.1. The molecule has 0 aromatic heterocycles. The molecule has 0 radical (unpaired) electrons. The Bertz CT molecular complexity index is 379. The topological polar surface area (TPSA) is 26.3 Å². The number of benzene rings is 1. The van der Waals surface area contributed by atoms with Gasteiger partial charge in [-0.1, -0.05) is 0 Å². The molecule has 2 rings (SSSR count). The van der Waals surface area contributed by atoms with Crippen LogP contribution in [0.3, 0.4) is 0 Å². The van der Waals surface area contributed by atoms with E-state index in [4.69, 9.17) is 4.18 Å². The molecule has 13 heavy (non-hydrogen) atoms. The molecule has 0 aliphatic carbocycles. The van der Waals surface area contributed by atoms with Crippen molar-refractivity contribution in [3.63, 3.8) is 0 Å². The van der Waals surface area contributed by atoms with E-state index in [9.17, 15) is 4.21 Å². The summed E-state index contributed by atoms with van der Waals surface area (Å²) in [4.78, 5) is 0. The number of fused-ring (bicyclic) bond motifs is 1. The number of hydrogen-bond acceptors (Lipinski definition) is 2. The van der Waals surface area contributed by atoms with E-state index in [1.807, 2.05) is 0 Å². The zero-order valence-electron chi connectivity index (χ0n) is 6.55. The molecule has 0 saturated carbocycles. The molecule has 0 saturated heterocycles. The highest BCUT2D eigenvalue weighted by atomic mass is 127. The van der Waals surface area contributed by atoms with E-state index in [0.29, 0.717) is 12.4 Å². The molecule has 1 aliphatic heterocycles. The summed E-state index contributed by atoms with van der Waals surface area (Å²) in [6.07, 6.45) is 0. The van der Waals surface area contributed by atoms with E-state index >= 15 is 0 Å². The van der Waals surface area contributed by atoms with E-state index in [2.05, 4.69) is 57.3 Å². The lowest BCUT2D eigenvalue weighted by molar-refractivity contribution is 0.327. The van der Waals surface area contributed by atoms with Crippen LogP contribution < -0.4 is 0 Å². The van der Waals surface area contributed by atoms with Gasteiger partial charge < -0.3 is 0 Å². The van der Waals surface area contributed by atoms with Crippen molar-refractivity contribution in [1.29, 1.82) is 0 Å². The summed E-state index contributed by atoms with van der Waals surface area (Å²) >= 11 is 3.46. The molecule has 1 heterocycles. The van der Waals surface area contributed by atoms with E-state index in [-0.39, 0.29) is 0 Å².